The Morgan fingerprint density at radius 2 is 1.43 bits per heavy atom. The van der Waals surface area contributed by atoms with Gasteiger partial charge in [-0.25, -0.2) is 0 Å². The average Bonchev–Trinajstić information content (AvgIpc) is 2.54. The fourth-order valence-electron chi connectivity index (χ4n) is 1.99. The standard InChI is InChI=1S/C18H18F2N2O/c1-2-3-14-4-6-15(7-5-14)12-21-22-13-16-8-10-17(11-9-16)23-18(19)20/h4-13,18H,2-3H2,1H3/b21-12+,22-13+. The van der Waals surface area contributed by atoms with Gasteiger partial charge in [0.2, 0.25) is 0 Å². The molecule has 2 aromatic carbocycles. The van der Waals surface area contributed by atoms with Crippen molar-refractivity contribution in [3.63, 3.8) is 0 Å². The molecule has 0 N–H and O–H groups in total. The largest absolute Gasteiger partial charge is 0.435 e. The van der Waals surface area contributed by atoms with Crippen molar-refractivity contribution in [1.29, 1.82) is 0 Å². The van der Waals surface area contributed by atoms with E-state index in [-0.39, 0.29) is 5.75 Å². The molecule has 5 heteroatoms. The minimum absolute atomic E-state index is 0.118. The van der Waals surface area contributed by atoms with Crippen molar-refractivity contribution >= 4 is 12.4 Å². The van der Waals surface area contributed by atoms with Gasteiger partial charge in [-0.2, -0.15) is 19.0 Å². The zero-order valence-corrected chi connectivity index (χ0v) is 12.8. The number of benzene rings is 2. The van der Waals surface area contributed by atoms with Crippen LogP contribution in [0.1, 0.15) is 30.0 Å². The second kappa shape index (κ2) is 8.78. The summed E-state index contributed by atoms with van der Waals surface area (Å²) in [6.45, 7) is -0.668. The van der Waals surface area contributed by atoms with Crippen LogP contribution < -0.4 is 4.74 Å². The third kappa shape index (κ3) is 5.98. The molecule has 0 aliphatic rings. The topological polar surface area (TPSA) is 34.0 Å². The van der Waals surface area contributed by atoms with Crippen LogP contribution in [0.4, 0.5) is 8.78 Å². The lowest BCUT2D eigenvalue weighted by Crippen LogP contribution is -2.01. The minimum atomic E-state index is -2.82. The Morgan fingerprint density at radius 1 is 0.913 bits per heavy atom. The summed E-state index contributed by atoms with van der Waals surface area (Å²) in [7, 11) is 0. The van der Waals surface area contributed by atoms with E-state index >= 15 is 0 Å². The molecule has 0 amide bonds. The van der Waals surface area contributed by atoms with Crippen molar-refractivity contribution in [2.45, 2.75) is 26.4 Å². The van der Waals surface area contributed by atoms with Crippen LogP contribution in [0.5, 0.6) is 5.75 Å². The highest BCUT2D eigenvalue weighted by molar-refractivity contribution is 5.82. The van der Waals surface area contributed by atoms with E-state index in [9.17, 15) is 8.78 Å². The van der Waals surface area contributed by atoms with Crippen LogP contribution in [0.3, 0.4) is 0 Å². The van der Waals surface area contributed by atoms with Crippen molar-refractivity contribution in [3.05, 3.63) is 65.2 Å². The Bertz CT molecular complexity index is 650. The molecule has 120 valence electrons. The Labute approximate surface area is 134 Å². The number of rotatable bonds is 7. The van der Waals surface area contributed by atoms with Gasteiger partial charge >= 0.3 is 6.61 Å². The van der Waals surface area contributed by atoms with Gasteiger partial charge in [0.25, 0.3) is 0 Å². The van der Waals surface area contributed by atoms with Crippen LogP contribution in [0, 0.1) is 0 Å². The molecule has 3 nitrogen and oxygen atoms in total. The molecule has 0 atom stereocenters. The number of aryl methyl sites for hydroxylation is 1. The van der Waals surface area contributed by atoms with E-state index in [0.29, 0.717) is 0 Å². The number of ether oxygens (including phenoxy) is 1. The molecule has 0 heterocycles. The Hall–Kier alpha value is -2.56. The highest BCUT2D eigenvalue weighted by Gasteiger charge is 2.02. The van der Waals surface area contributed by atoms with E-state index in [0.717, 1.165) is 24.0 Å². The lowest BCUT2D eigenvalue weighted by atomic mass is 10.1. The van der Waals surface area contributed by atoms with E-state index in [1.54, 1.807) is 24.6 Å². The minimum Gasteiger partial charge on any atom is -0.435 e. The molecule has 0 unspecified atom stereocenters. The zero-order chi connectivity index (χ0) is 16.5. The average molecular weight is 316 g/mol. The predicted octanol–water partition coefficient (Wildman–Crippen LogP) is 4.69. The highest BCUT2D eigenvalue weighted by atomic mass is 19.3. The second-order valence-electron chi connectivity index (χ2n) is 4.93. The maximum atomic E-state index is 12.0. The lowest BCUT2D eigenvalue weighted by molar-refractivity contribution is -0.0498. The number of alkyl halides is 2. The molecule has 0 saturated heterocycles. The summed E-state index contributed by atoms with van der Waals surface area (Å²) in [6.07, 6.45) is 5.41. The molecule has 0 fully saturated rings. The fourth-order valence-corrected chi connectivity index (χ4v) is 1.99. The number of nitrogens with zero attached hydrogens (tertiary/aromatic N) is 2. The van der Waals surface area contributed by atoms with E-state index in [4.69, 9.17) is 0 Å². The van der Waals surface area contributed by atoms with Crippen molar-refractivity contribution in [2.75, 3.05) is 0 Å². The van der Waals surface area contributed by atoms with Gasteiger partial charge in [0.15, 0.2) is 0 Å². The van der Waals surface area contributed by atoms with Crippen LogP contribution >= 0.6 is 0 Å². The molecule has 0 aromatic heterocycles. The smallest absolute Gasteiger partial charge is 0.387 e. The van der Waals surface area contributed by atoms with Crippen LogP contribution in [-0.2, 0) is 6.42 Å². The molecule has 2 aromatic rings. The third-order valence-corrected chi connectivity index (χ3v) is 3.10. The van der Waals surface area contributed by atoms with E-state index in [1.165, 1.54) is 17.7 Å². The maximum Gasteiger partial charge on any atom is 0.387 e. The Kier molecular flexibility index (Phi) is 6.41. The monoisotopic (exact) mass is 316 g/mol. The number of hydrogen-bond donors (Lipinski definition) is 0. The summed E-state index contributed by atoms with van der Waals surface area (Å²) in [6, 6.07) is 14.4. The quantitative estimate of drug-likeness (QED) is 0.539. The van der Waals surface area contributed by atoms with Crippen molar-refractivity contribution in [1.82, 2.24) is 0 Å². The molecule has 2 rings (SSSR count). The van der Waals surface area contributed by atoms with Gasteiger partial charge in [0.05, 0.1) is 12.4 Å². The SMILES string of the molecule is CCCc1ccc(/C=N/N=C/c2ccc(OC(F)F)cc2)cc1. The van der Waals surface area contributed by atoms with Crippen LogP contribution in [0.15, 0.2) is 58.7 Å². The maximum absolute atomic E-state index is 12.0. The number of hydrogen-bond acceptors (Lipinski definition) is 3. The summed E-state index contributed by atoms with van der Waals surface area (Å²) >= 11 is 0. The first-order chi connectivity index (χ1) is 11.2. The summed E-state index contributed by atoms with van der Waals surface area (Å²) in [5.74, 6) is 0.118. The summed E-state index contributed by atoms with van der Waals surface area (Å²) in [4.78, 5) is 0. The first-order valence-corrected chi connectivity index (χ1v) is 7.37. The summed E-state index contributed by atoms with van der Waals surface area (Å²) < 4.78 is 28.3. The first-order valence-electron chi connectivity index (χ1n) is 7.37. The molecule has 0 spiro atoms. The van der Waals surface area contributed by atoms with Gasteiger partial charge in [-0.05, 0) is 47.4 Å². The molecule has 0 saturated carbocycles. The second-order valence-corrected chi connectivity index (χ2v) is 4.93. The zero-order valence-electron chi connectivity index (χ0n) is 12.8. The fraction of sp³-hybridized carbons (Fsp3) is 0.222. The lowest BCUT2D eigenvalue weighted by Gasteiger charge is -2.03. The molecule has 23 heavy (non-hydrogen) atoms. The molecular formula is C18H18F2N2O. The molecule has 0 aliphatic heterocycles. The molecule has 0 aliphatic carbocycles. The Balaban J connectivity index is 1.90. The van der Waals surface area contributed by atoms with E-state index in [1.807, 2.05) is 12.1 Å². The predicted molar refractivity (Wildman–Crippen MR) is 88.7 cm³/mol. The van der Waals surface area contributed by atoms with E-state index in [2.05, 4.69) is 34.0 Å². The van der Waals surface area contributed by atoms with Crippen LogP contribution in [-0.4, -0.2) is 19.0 Å². The highest BCUT2D eigenvalue weighted by Crippen LogP contribution is 2.14. The Morgan fingerprint density at radius 3 is 1.91 bits per heavy atom. The van der Waals surface area contributed by atoms with Crippen LogP contribution in [0.25, 0.3) is 0 Å². The van der Waals surface area contributed by atoms with Crippen LogP contribution in [0.2, 0.25) is 0 Å². The van der Waals surface area contributed by atoms with Gasteiger partial charge < -0.3 is 4.74 Å². The van der Waals surface area contributed by atoms with Gasteiger partial charge in [-0.1, -0.05) is 37.6 Å². The van der Waals surface area contributed by atoms with Crippen molar-refractivity contribution in [2.24, 2.45) is 10.2 Å². The van der Waals surface area contributed by atoms with Gasteiger partial charge in [-0.15, -0.1) is 0 Å². The third-order valence-electron chi connectivity index (χ3n) is 3.10. The molecular weight excluding hydrogens is 298 g/mol. The van der Waals surface area contributed by atoms with Crippen molar-refractivity contribution in [3.8, 4) is 5.75 Å². The summed E-state index contributed by atoms with van der Waals surface area (Å²) in [5.41, 5.74) is 3.03. The van der Waals surface area contributed by atoms with Gasteiger partial charge in [-0.3, -0.25) is 0 Å². The number of halogens is 2. The van der Waals surface area contributed by atoms with Gasteiger partial charge in [0.1, 0.15) is 5.75 Å². The van der Waals surface area contributed by atoms with Gasteiger partial charge in [0, 0.05) is 0 Å². The van der Waals surface area contributed by atoms with Crippen molar-refractivity contribution < 1.29 is 13.5 Å². The first kappa shape index (κ1) is 16.8. The molecule has 0 radical (unpaired) electrons. The molecule has 0 bridgehead atoms. The summed E-state index contributed by atoms with van der Waals surface area (Å²) in [5, 5.41) is 7.92. The normalized spacial score (nSPS) is 11.7. The van der Waals surface area contributed by atoms with E-state index < -0.39 is 6.61 Å².